The lowest BCUT2D eigenvalue weighted by Gasteiger charge is -2.32. The summed E-state index contributed by atoms with van der Waals surface area (Å²) in [5, 5.41) is 7.16. The smallest absolute Gasteiger partial charge is 0.203 e. The molecular weight excluding hydrogens is 394 g/mol. The second-order valence-corrected chi connectivity index (χ2v) is 8.16. The Labute approximate surface area is 181 Å². The summed E-state index contributed by atoms with van der Waals surface area (Å²) in [6.45, 7) is 6.07. The quantitative estimate of drug-likeness (QED) is 0.442. The van der Waals surface area contributed by atoms with Crippen molar-refractivity contribution in [3.63, 3.8) is 0 Å². The van der Waals surface area contributed by atoms with Gasteiger partial charge in [-0.3, -0.25) is 10.3 Å². The molecule has 1 aliphatic heterocycles. The van der Waals surface area contributed by atoms with Crippen molar-refractivity contribution in [2.24, 2.45) is 5.10 Å². The molecule has 0 bridgehead atoms. The van der Waals surface area contributed by atoms with Crippen LogP contribution in [0.3, 0.4) is 0 Å². The summed E-state index contributed by atoms with van der Waals surface area (Å²) >= 11 is 1.54. The highest BCUT2D eigenvalue weighted by molar-refractivity contribution is 7.14. The van der Waals surface area contributed by atoms with Gasteiger partial charge in [0.15, 0.2) is 0 Å². The first-order valence-corrected chi connectivity index (χ1v) is 11.1. The average Bonchev–Trinajstić information content (AvgIpc) is 3.26. The van der Waals surface area contributed by atoms with Crippen LogP contribution < -0.4 is 10.2 Å². The second-order valence-electron chi connectivity index (χ2n) is 7.31. The van der Waals surface area contributed by atoms with Gasteiger partial charge < -0.3 is 9.64 Å². The molecule has 0 amide bonds. The summed E-state index contributed by atoms with van der Waals surface area (Å²) in [5.74, 6) is 0.848. The summed E-state index contributed by atoms with van der Waals surface area (Å²) in [6, 6.07) is 18.1. The Morgan fingerprint density at radius 1 is 1.07 bits per heavy atom. The minimum atomic E-state index is 0.676. The van der Waals surface area contributed by atoms with E-state index in [1.54, 1.807) is 6.21 Å². The number of hydrazone groups is 1. The molecule has 6 nitrogen and oxygen atoms in total. The summed E-state index contributed by atoms with van der Waals surface area (Å²) < 4.78 is 6.04. The van der Waals surface area contributed by atoms with E-state index in [0.29, 0.717) is 6.61 Å². The molecule has 2 aromatic carbocycles. The molecule has 2 heterocycles. The fraction of sp³-hybridized carbons (Fsp3) is 0.304. The molecule has 0 aliphatic carbocycles. The number of nitrogens with one attached hydrogen (secondary N) is 1. The molecule has 1 fully saturated rings. The molecule has 1 saturated heterocycles. The van der Waals surface area contributed by atoms with Crippen LogP contribution in [0.25, 0.3) is 11.3 Å². The molecule has 0 radical (unpaired) electrons. The van der Waals surface area contributed by atoms with Gasteiger partial charge in [-0.25, -0.2) is 4.98 Å². The normalized spacial score (nSPS) is 15.5. The fourth-order valence-electron chi connectivity index (χ4n) is 3.30. The van der Waals surface area contributed by atoms with Gasteiger partial charge in [-0.1, -0.05) is 42.5 Å². The summed E-state index contributed by atoms with van der Waals surface area (Å²) in [7, 11) is 2.17. The number of rotatable bonds is 8. The lowest BCUT2D eigenvalue weighted by molar-refractivity contribution is 0.133. The van der Waals surface area contributed by atoms with Crippen molar-refractivity contribution in [1.29, 1.82) is 0 Å². The Bertz CT molecular complexity index is 951. The van der Waals surface area contributed by atoms with Gasteiger partial charge in [0, 0.05) is 49.2 Å². The van der Waals surface area contributed by atoms with Crippen molar-refractivity contribution in [2.75, 3.05) is 51.8 Å². The number of thiazole rings is 1. The Kier molecular flexibility index (Phi) is 7.07. The Morgan fingerprint density at radius 2 is 1.83 bits per heavy atom. The van der Waals surface area contributed by atoms with Gasteiger partial charge in [-0.05, 0) is 19.2 Å². The minimum absolute atomic E-state index is 0.676. The van der Waals surface area contributed by atoms with E-state index < -0.39 is 0 Å². The van der Waals surface area contributed by atoms with Crippen molar-refractivity contribution < 1.29 is 4.74 Å². The molecule has 30 heavy (non-hydrogen) atoms. The maximum absolute atomic E-state index is 6.04. The van der Waals surface area contributed by atoms with Crippen molar-refractivity contribution in [1.82, 2.24) is 14.8 Å². The third-order valence-corrected chi connectivity index (χ3v) is 5.86. The molecule has 1 N–H and O–H groups in total. The lowest BCUT2D eigenvalue weighted by Crippen LogP contribution is -2.45. The standard InChI is InChI=1S/C23H27N5OS/c1-27-11-13-28(14-12-27)15-16-29-22-10-6-5-9-20(22)17-24-26-23-25-21(18-30-23)19-7-3-2-4-8-19/h2-10,17-18H,11-16H2,1H3,(H,25,26). The summed E-state index contributed by atoms with van der Waals surface area (Å²) in [5.41, 5.74) is 6.03. The van der Waals surface area contributed by atoms with E-state index in [4.69, 9.17) is 4.74 Å². The van der Waals surface area contributed by atoms with Crippen molar-refractivity contribution in [2.45, 2.75) is 0 Å². The molecule has 0 unspecified atom stereocenters. The number of piperazine rings is 1. The van der Waals surface area contributed by atoms with Crippen LogP contribution in [-0.4, -0.2) is 67.4 Å². The number of benzene rings is 2. The van der Waals surface area contributed by atoms with E-state index in [9.17, 15) is 0 Å². The zero-order chi connectivity index (χ0) is 20.6. The maximum Gasteiger partial charge on any atom is 0.203 e. The van der Waals surface area contributed by atoms with E-state index in [0.717, 1.165) is 60.4 Å². The first-order valence-electron chi connectivity index (χ1n) is 10.2. The largest absolute Gasteiger partial charge is 0.492 e. The van der Waals surface area contributed by atoms with Crippen molar-refractivity contribution in [3.8, 4) is 17.0 Å². The van der Waals surface area contributed by atoms with Gasteiger partial charge in [-0.15, -0.1) is 11.3 Å². The fourth-order valence-corrected chi connectivity index (χ4v) is 3.97. The first-order chi connectivity index (χ1) is 14.8. The number of nitrogens with zero attached hydrogens (tertiary/aromatic N) is 4. The third kappa shape index (κ3) is 5.66. The van der Waals surface area contributed by atoms with Crippen LogP contribution in [0.1, 0.15) is 5.56 Å². The molecule has 156 valence electrons. The average molecular weight is 422 g/mol. The highest BCUT2D eigenvalue weighted by atomic mass is 32.1. The monoisotopic (exact) mass is 421 g/mol. The summed E-state index contributed by atoms with van der Waals surface area (Å²) in [4.78, 5) is 9.41. The molecule has 0 spiro atoms. The zero-order valence-corrected chi connectivity index (χ0v) is 18.0. The molecule has 1 aliphatic rings. The van der Waals surface area contributed by atoms with Gasteiger partial charge in [0.25, 0.3) is 0 Å². The van der Waals surface area contributed by atoms with E-state index in [-0.39, 0.29) is 0 Å². The van der Waals surface area contributed by atoms with Crippen LogP contribution in [0.4, 0.5) is 5.13 Å². The molecule has 0 atom stereocenters. The Morgan fingerprint density at radius 3 is 2.67 bits per heavy atom. The zero-order valence-electron chi connectivity index (χ0n) is 17.2. The highest BCUT2D eigenvalue weighted by Gasteiger charge is 2.13. The van der Waals surface area contributed by atoms with E-state index >= 15 is 0 Å². The van der Waals surface area contributed by atoms with Crippen LogP contribution in [0, 0.1) is 0 Å². The van der Waals surface area contributed by atoms with Crippen molar-refractivity contribution >= 4 is 22.7 Å². The number of aromatic nitrogens is 1. The van der Waals surface area contributed by atoms with Crippen LogP contribution >= 0.6 is 11.3 Å². The number of hydrogen-bond acceptors (Lipinski definition) is 7. The topological polar surface area (TPSA) is 53.0 Å². The van der Waals surface area contributed by atoms with Gasteiger partial charge in [0.05, 0.1) is 11.9 Å². The van der Waals surface area contributed by atoms with Crippen LogP contribution in [0.2, 0.25) is 0 Å². The Hall–Kier alpha value is -2.74. The number of anilines is 1. The maximum atomic E-state index is 6.04. The summed E-state index contributed by atoms with van der Waals surface area (Å²) in [6.07, 6.45) is 1.79. The van der Waals surface area contributed by atoms with Crippen LogP contribution in [0.15, 0.2) is 65.1 Å². The predicted molar refractivity (Wildman–Crippen MR) is 125 cm³/mol. The van der Waals surface area contributed by atoms with Crippen LogP contribution in [-0.2, 0) is 0 Å². The number of para-hydroxylation sites is 1. The van der Waals surface area contributed by atoms with E-state index in [2.05, 4.69) is 44.5 Å². The highest BCUT2D eigenvalue weighted by Crippen LogP contribution is 2.24. The first kappa shape index (κ1) is 20.5. The number of ether oxygens (including phenoxy) is 1. The molecule has 0 saturated carbocycles. The molecular formula is C23H27N5OS. The van der Waals surface area contributed by atoms with Gasteiger partial charge in [0.1, 0.15) is 12.4 Å². The lowest BCUT2D eigenvalue weighted by atomic mass is 10.2. The van der Waals surface area contributed by atoms with Crippen LogP contribution in [0.5, 0.6) is 5.75 Å². The molecule has 3 aromatic rings. The molecule has 1 aromatic heterocycles. The number of hydrogen-bond donors (Lipinski definition) is 1. The van der Waals surface area contributed by atoms with Gasteiger partial charge in [-0.2, -0.15) is 5.10 Å². The third-order valence-electron chi connectivity index (χ3n) is 5.12. The van der Waals surface area contributed by atoms with E-state index in [1.807, 2.05) is 47.8 Å². The second kappa shape index (κ2) is 10.3. The molecule has 7 heteroatoms. The Balaban J connectivity index is 1.30. The van der Waals surface area contributed by atoms with Gasteiger partial charge in [0.2, 0.25) is 5.13 Å². The number of likely N-dealkylation sites (N-methyl/N-ethyl adjacent to an activating group) is 1. The molecule has 4 rings (SSSR count). The van der Waals surface area contributed by atoms with Gasteiger partial charge >= 0.3 is 0 Å². The minimum Gasteiger partial charge on any atom is -0.492 e. The SMILES string of the molecule is CN1CCN(CCOc2ccccc2C=NNc2nc(-c3ccccc3)cs2)CC1. The van der Waals surface area contributed by atoms with E-state index in [1.165, 1.54) is 11.3 Å². The predicted octanol–water partition coefficient (Wildman–Crippen LogP) is 3.88. The van der Waals surface area contributed by atoms with Crippen molar-refractivity contribution in [3.05, 3.63) is 65.5 Å².